The maximum atomic E-state index is 5.31. The largest absolute Gasteiger partial charge is 0.383 e. The normalized spacial score (nSPS) is 9.44. The summed E-state index contributed by atoms with van der Waals surface area (Å²) in [6.07, 6.45) is 3.42. The Balaban J connectivity index is 2.94. The monoisotopic (exact) mass is 140 g/mol. The molecule has 0 aliphatic rings. The molecular formula is C5H6N3S. The van der Waals surface area contributed by atoms with Crippen molar-refractivity contribution in [2.75, 3.05) is 12.0 Å². The highest BCUT2D eigenvalue weighted by Crippen LogP contribution is 2.06. The van der Waals surface area contributed by atoms with Gasteiger partial charge < -0.3 is 5.73 Å². The van der Waals surface area contributed by atoms with Gasteiger partial charge in [0.2, 0.25) is 0 Å². The van der Waals surface area contributed by atoms with Crippen molar-refractivity contribution in [2.24, 2.45) is 0 Å². The summed E-state index contributed by atoms with van der Waals surface area (Å²) in [6.45, 7) is 0. The van der Waals surface area contributed by atoms with Crippen LogP contribution < -0.4 is 5.73 Å². The molecule has 1 aromatic rings. The first-order valence-corrected chi connectivity index (χ1v) is 3.59. The van der Waals surface area contributed by atoms with Gasteiger partial charge in [-0.2, -0.15) is 0 Å². The van der Waals surface area contributed by atoms with Gasteiger partial charge in [-0.1, -0.05) is 11.8 Å². The number of rotatable bonds is 1. The highest BCUT2D eigenvalue weighted by molar-refractivity contribution is 7.98. The first-order chi connectivity index (χ1) is 4.33. The molecule has 0 saturated carbocycles. The summed E-state index contributed by atoms with van der Waals surface area (Å²) in [7, 11) is 0. The van der Waals surface area contributed by atoms with Crippen molar-refractivity contribution in [3.05, 3.63) is 12.3 Å². The molecule has 1 radical (unpaired) electrons. The number of thioether (sulfide) groups is 1. The smallest absolute Gasteiger partial charge is 0.189 e. The zero-order valence-electron chi connectivity index (χ0n) is 4.96. The zero-order valence-corrected chi connectivity index (χ0v) is 5.77. The van der Waals surface area contributed by atoms with E-state index in [4.69, 9.17) is 5.73 Å². The van der Waals surface area contributed by atoms with Gasteiger partial charge in [-0.05, 0) is 6.26 Å². The standard InChI is InChI=1S/C5H6N3S/c1-9-5-7-3-2-4(6)8-5/h3H,1H3,(H2,6,7,8). The zero-order chi connectivity index (χ0) is 6.69. The summed E-state index contributed by atoms with van der Waals surface area (Å²) in [5.41, 5.74) is 5.31. The Morgan fingerprint density at radius 1 is 1.78 bits per heavy atom. The fourth-order valence-electron chi connectivity index (χ4n) is 0.416. The van der Waals surface area contributed by atoms with Gasteiger partial charge in [-0.25, -0.2) is 9.97 Å². The predicted molar refractivity (Wildman–Crippen MR) is 37.1 cm³/mol. The molecular weight excluding hydrogens is 134 g/mol. The lowest BCUT2D eigenvalue weighted by Crippen LogP contribution is -1.92. The van der Waals surface area contributed by atoms with Crippen LogP contribution in [0.2, 0.25) is 0 Å². The number of hydrogen-bond acceptors (Lipinski definition) is 4. The minimum Gasteiger partial charge on any atom is -0.383 e. The van der Waals surface area contributed by atoms with Crippen molar-refractivity contribution < 1.29 is 0 Å². The Bertz CT molecular complexity index is 201. The molecule has 0 atom stereocenters. The van der Waals surface area contributed by atoms with Gasteiger partial charge in [0, 0.05) is 12.3 Å². The summed E-state index contributed by atoms with van der Waals surface area (Å²) in [5.74, 6) is 0.398. The van der Waals surface area contributed by atoms with Gasteiger partial charge in [-0.3, -0.25) is 0 Å². The summed E-state index contributed by atoms with van der Waals surface area (Å²) < 4.78 is 0. The van der Waals surface area contributed by atoms with Crippen molar-refractivity contribution in [3.8, 4) is 0 Å². The predicted octanol–water partition coefficient (Wildman–Crippen LogP) is 0.581. The SMILES string of the molecule is CSc1nc[c]c(N)n1. The maximum absolute atomic E-state index is 5.31. The molecule has 0 bridgehead atoms. The summed E-state index contributed by atoms with van der Waals surface area (Å²) in [5, 5.41) is 0.686. The van der Waals surface area contributed by atoms with Gasteiger partial charge in [0.15, 0.2) is 5.16 Å². The van der Waals surface area contributed by atoms with E-state index >= 15 is 0 Å². The Morgan fingerprint density at radius 2 is 2.56 bits per heavy atom. The number of aromatic nitrogens is 2. The minimum atomic E-state index is 0.398. The molecule has 0 fully saturated rings. The number of nitrogens with two attached hydrogens (primary N) is 1. The second-order valence-corrected chi connectivity index (χ2v) is 2.16. The Labute approximate surface area is 57.7 Å². The molecule has 1 aromatic heterocycles. The summed E-state index contributed by atoms with van der Waals surface area (Å²) in [6, 6.07) is 2.65. The van der Waals surface area contributed by atoms with Crippen LogP contribution in [-0.2, 0) is 0 Å². The number of anilines is 1. The lowest BCUT2D eigenvalue weighted by atomic mass is 10.6. The molecule has 0 aliphatic carbocycles. The Kier molecular flexibility index (Phi) is 1.89. The van der Waals surface area contributed by atoms with Gasteiger partial charge in [-0.15, -0.1) is 0 Å². The number of nitrogen functional groups attached to an aromatic ring is 1. The van der Waals surface area contributed by atoms with Gasteiger partial charge >= 0.3 is 0 Å². The number of hydrogen-bond donors (Lipinski definition) is 1. The highest BCUT2D eigenvalue weighted by Gasteiger charge is 1.90. The molecule has 0 aliphatic heterocycles. The average Bonchev–Trinajstić information content (AvgIpc) is 1.88. The van der Waals surface area contributed by atoms with Crippen LogP contribution >= 0.6 is 11.8 Å². The molecule has 0 aromatic carbocycles. The van der Waals surface area contributed by atoms with Crippen LogP contribution in [0.1, 0.15) is 0 Å². The molecule has 0 unspecified atom stereocenters. The molecule has 1 heterocycles. The summed E-state index contributed by atoms with van der Waals surface area (Å²) >= 11 is 1.46. The van der Waals surface area contributed by atoms with Gasteiger partial charge in [0.1, 0.15) is 5.82 Å². The van der Waals surface area contributed by atoms with Crippen LogP contribution in [-0.4, -0.2) is 16.2 Å². The average molecular weight is 140 g/mol. The molecule has 0 amide bonds. The van der Waals surface area contributed by atoms with E-state index in [1.54, 1.807) is 0 Å². The van der Waals surface area contributed by atoms with E-state index < -0.39 is 0 Å². The second-order valence-electron chi connectivity index (χ2n) is 1.39. The molecule has 47 valence electrons. The first-order valence-electron chi connectivity index (χ1n) is 2.37. The second kappa shape index (κ2) is 2.68. The van der Waals surface area contributed by atoms with Crippen molar-refractivity contribution in [1.82, 2.24) is 9.97 Å². The Hall–Kier alpha value is -0.770. The molecule has 4 heteroatoms. The first kappa shape index (κ1) is 6.35. The van der Waals surface area contributed by atoms with Crippen molar-refractivity contribution in [2.45, 2.75) is 5.16 Å². The van der Waals surface area contributed by atoms with Crippen LogP contribution in [0, 0.1) is 6.07 Å². The lowest BCUT2D eigenvalue weighted by Gasteiger charge is -1.92. The Morgan fingerprint density at radius 3 is 3.00 bits per heavy atom. The van der Waals surface area contributed by atoms with E-state index in [1.807, 2.05) is 6.26 Å². The quantitative estimate of drug-likeness (QED) is 0.458. The van der Waals surface area contributed by atoms with Crippen LogP contribution in [0.4, 0.5) is 5.82 Å². The van der Waals surface area contributed by atoms with E-state index in [9.17, 15) is 0 Å². The number of nitrogens with zero attached hydrogens (tertiary/aromatic N) is 2. The lowest BCUT2D eigenvalue weighted by molar-refractivity contribution is 0.977. The van der Waals surface area contributed by atoms with Crippen LogP contribution in [0.5, 0.6) is 0 Å². The fraction of sp³-hybridized carbons (Fsp3) is 0.200. The fourth-order valence-corrected chi connectivity index (χ4v) is 0.764. The minimum absolute atomic E-state index is 0.398. The molecule has 1 rings (SSSR count). The third-order valence-corrected chi connectivity index (χ3v) is 1.35. The molecule has 0 saturated heterocycles. The van der Waals surface area contributed by atoms with Gasteiger partial charge in [0.25, 0.3) is 0 Å². The van der Waals surface area contributed by atoms with E-state index in [1.165, 1.54) is 18.0 Å². The van der Waals surface area contributed by atoms with Crippen LogP contribution in [0.25, 0.3) is 0 Å². The van der Waals surface area contributed by atoms with Crippen molar-refractivity contribution >= 4 is 17.6 Å². The molecule has 0 spiro atoms. The summed E-state index contributed by atoms with van der Waals surface area (Å²) in [4.78, 5) is 7.74. The van der Waals surface area contributed by atoms with E-state index in [0.29, 0.717) is 11.0 Å². The maximum Gasteiger partial charge on any atom is 0.189 e. The van der Waals surface area contributed by atoms with Gasteiger partial charge in [0.05, 0.1) is 0 Å². The highest BCUT2D eigenvalue weighted by atomic mass is 32.2. The van der Waals surface area contributed by atoms with E-state index in [2.05, 4.69) is 16.0 Å². The van der Waals surface area contributed by atoms with Crippen LogP contribution in [0.15, 0.2) is 11.4 Å². The molecule has 3 nitrogen and oxygen atoms in total. The third-order valence-electron chi connectivity index (χ3n) is 0.786. The van der Waals surface area contributed by atoms with Crippen molar-refractivity contribution in [3.63, 3.8) is 0 Å². The molecule has 2 N–H and O–H groups in total. The third kappa shape index (κ3) is 1.57. The topological polar surface area (TPSA) is 51.8 Å². The van der Waals surface area contributed by atoms with E-state index in [-0.39, 0.29) is 0 Å². The van der Waals surface area contributed by atoms with Crippen LogP contribution in [0.3, 0.4) is 0 Å². The molecule has 9 heavy (non-hydrogen) atoms. The van der Waals surface area contributed by atoms with E-state index in [0.717, 1.165) is 0 Å². The van der Waals surface area contributed by atoms with Crippen molar-refractivity contribution in [1.29, 1.82) is 0 Å².